The SMILES string of the molecule is CC(C)C[C@@H](NC(=O)C1CC1c1ccccc1Cl)C(=O)O. The summed E-state index contributed by atoms with van der Waals surface area (Å²) >= 11 is 6.13. The first-order valence-electron chi connectivity index (χ1n) is 7.17. The molecule has 5 heteroatoms. The molecule has 1 amide bonds. The van der Waals surface area contributed by atoms with Gasteiger partial charge >= 0.3 is 5.97 Å². The van der Waals surface area contributed by atoms with Crippen molar-refractivity contribution >= 4 is 23.5 Å². The maximum Gasteiger partial charge on any atom is 0.326 e. The fraction of sp³-hybridized carbons (Fsp3) is 0.500. The summed E-state index contributed by atoms with van der Waals surface area (Å²) in [6.07, 6.45) is 1.16. The Hall–Kier alpha value is -1.55. The van der Waals surface area contributed by atoms with Gasteiger partial charge in [-0.05, 0) is 36.3 Å². The van der Waals surface area contributed by atoms with Gasteiger partial charge < -0.3 is 10.4 Å². The van der Waals surface area contributed by atoms with Gasteiger partial charge in [-0.1, -0.05) is 43.6 Å². The predicted molar refractivity (Wildman–Crippen MR) is 81.3 cm³/mol. The molecule has 1 aliphatic rings. The maximum absolute atomic E-state index is 12.2. The molecular formula is C16H20ClNO3. The van der Waals surface area contributed by atoms with Crippen molar-refractivity contribution in [2.75, 3.05) is 0 Å². The van der Waals surface area contributed by atoms with Gasteiger partial charge in [-0.15, -0.1) is 0 Å². The van der Waals surface area contributed by atoms with Crippen LogP contribution in [0.4, 0.5) is 0 Å². The van der Waals surface area contributed by atoms with Gasteiger partial charge in [0.2, 0.25) is 5.91 Å². The van der Waals surface area contributed by atoms with Crippen LogP contribution in [0.2, 0.25) is 5.02 Å². The van der Waals surface area contributed by atoms with E-state index in [0.717, 1.165) is 12.0 Å². The molecule has 1 saturated carbocycles. The number of amides is 1. The fourth-order valence-corrected chi connectivity index (χ4v) is 2.85. The van der Waals surface area contributed by atoms with Crippen molar-refractivity contribution < 1.29 is 14.7 Å². The largest absolute Gasteiger partial charge is 0.480 e. The van der Waals surface area contributed by atoms with Crippen LogP contribution in [0, 0.1) is 11.8 Å². The highest BCUT2D eigenvalue weighted by atomic mass is 35.5. The smallest absolute Gasteiger partial charge is 0.326 e. The maximum atomic E-state index is 12.2. The van der Waals surface area contributed by atoms with E-state index in [0.29, 0.717) is 11.4 Å². The summed E-state index contributed by atoms with van der Waals surface area (Å²) in [5.41, 5.74) is 0.968. The van der Waals surface area contributed by atoms with Crippen LogP contribution in [-0.4, -0.2) is 23.0 Å². The topological polar surface area (TPSA) is 66.4 Å². The average molecular weight is 310 g/mol. The van der Waals surface area contributed by atoms with Gasteiger partial charge in [0.05, 0.1) is 0 Å². The molecule has 21 heavy (non-hydrogen) atoms. The van der Waals surface area contributed by atoms with Gasteiger partial charge in [-0.3, -0.25) is 4.79 Å². The van der Waals surface area contributed by atoms with Gasteiger partial charge in [-0.25, -0.2) is 4.79 Å². The Balaban J connectivity index is 1.96. The van der Waals surface area contributed by atoms with Gasteiger partial charge in [0.1, 0.15) is 6.04 Å². The molecule has 1 fully saturated rings. The van der Waals surface area contributed by atoms with Crippen molar-refractivity contribution in [2.24, 2.45) is 11.8 Å². The van der Waals surface area contributed by atoms with Gasteiger partial charge in [0, 0.05) is 10.9 Å². The molecule has 3 atom stereocenters. The molecule has 0 aliphatic heterocycles. The van der Waals surface area contributed by atoms with Crippen LogP contribution in [0.15, 0.2) is 24.3 Å². The van der Waals surface area contributed by atoms with E-state index in [9.17, 15) is 9.59 Å². The second kappa shape index (κ2) is 6.48. The number of carboxylic acid groups (broad SMARTS) is 1. The van der Waals surface area contributed by atoms with Crippen molar-refractivity contribution in [3.05, 3.63) is 34.9 Å². The lowest BCUT2D eigenvalue weighted by Crippen LogP contribution is -2.42. The summed E-state index contributed by atoms with van der Waals surface area (Å²) in [4.78, 5) is 23.4. The fourth-order valence-electron chi connectivity index (χ4n) is 2.58. The van der Waals surface area contributed by atoms with Crippen LogP contribution in [0.25, 0.3) is 0 Å². The zero-order valence-electron chi connectivity index (χ0n) is 12.2. The number of carboxylic acids is 1. The molecule has 0 bridgehead atoms. The number of rotatable bonds is 6. The van der Waals surface area contributed by atoms with Crippen molar-refractivity contribution in [3.63, 3.8) is 0 Å². The lowest BCUT2D eigenvalue weighted by molar-refractivity contribution is -0.142. The summed E-state index contributed by atoms with van der Waals surface area (Å²) in [7, 11) is 0. The molecule has 2 N–H and O–H groups in total. The van der Waals surface area contributed by atoms with E-state index in [1.165, 1.54) is 0 Å². The van der Waals surface area contributed by atoms with E-state index in [2.05, 4.69) is 5.32 Å². The number of hydrogen-bond acceptors (Lipinski definition) is 2. The Morgan fingerprint density at radius 3 is 2.62 bits per heavy atom. The first kappa shape index (κ1) is 15.8. The molecule has 0 spiro atoms. The van der Waals surface area contributed by atoms with E-state index in [4.69, 9.17) is 16.7 Å². The van der Waals surface area contributed by atoms with Gasteiger partial charge in [0.25, 0.3) is 0 Å². The Morgan fingerprint density at radius 2 is 2.05 bits per heavy atom. The van der Waals surface area contributed by atoms with E-state index in [-0.39, 0.29) is 23.7 Å². The zero-order chi connectivity index (χ0) is 15.6. The highest BCUT2D eigenvalue weighted by molar-refractivity contribution is 6.31. The molecule has 0 heterocycles. The minimum absolute atomic E-state index is 0.104. The van der Waals surface area contributed by atoms with E-state index in [1.807, 2.05) is 38.1 Å². The third-order valence-corrected chi connectivity index (χ3v) is 4.10. The molecule has 1 aromatic rings. The molecule has 2 rings (SSSR count). The van der Waals surface area contributed by atoms with Gasteiger partial charge in [-0.2, -0.15) is 0 Å². The third-order valence-electron chi connectivity index (χ3n) is 3.75. The van der Waals surface area contributed by atoms with Crippen LogP contribution in [0.1, 0.15) is 38.2 Å². The first-order chi connectivity index (χ1) is 9.90. The summed E-state index contributed by atoms with van der Waals surface area (Å²) in [6.45, 7) is 3.87. The van der Waals surface area contributed by atoms with Crippen LogP contribution < -0.4 is 5.32 Å². The highest BCUT2D eigenvalue weighted by Gasteiger charge is 2.45. The summed E-state index contributed by atoms with van der Waals surface area (Å²) in [5, 5.41) is 12.5. The number of carbonyl (C=O) groups excluding carboxylic acids is 1. The molecule has 0 radical (unpaired) electrons. The second-order valence-electron chi connectivity index (χ2n) is 6.00. The van der Waals surface area contributed by atoms with Crippen LogP contribution in [0.3, 0.4) is 0 Å². The van der Waals surface area contributed by atoms with Crippen LogP contribution in [0.5, 0.6) is 0 Å². The average Bonchev–Trinajstić information content (AvgIpc) is 3.18. The van der Waals surface area contributed by atoms with E-state index in [1.54, 1.807) is 0 Å². The predicted octanol–water partition coefficient (Wildman–Crippen LogP) is 3.06. The molecular weight excluding hydrogens is 290 g/mol. The Morgan fingerprint density at radius 1 is 1.38 bits per heavy atom. The minimum atomic E-state index is -0.980. The number of hydrogen-bond donors (Lipinski definition) is 2. The third kappa shape index (κ3) is 3.97. The van der Waals surface area contributed by atoms with Gasteiger partial charge in [0.15, 0.2) is 0 Å². The number of carbonyl (C=O) groups is 2. The zero-order valence-corrected chi connectivity index (χ0v) is 12.9. The molecule has 1 aliphatic carbocycles. The summed E-state index contributed by atoms with van der Waals surface area (Å²) in [6, 6.07) is 6.66. The molecule has 1 aromatic carbocycles. The second-order valence-corrected chi connectivity index (χ2v) is 6.41. The van der Waals surface area contributed by atoms with Crippen LogP contribution >= 0.6 is 11.6 Å². The first-order valence-corrected chi connectivity index (χ1v) is 7.55. The monoisotopic (exact) mass is 309 g/mol. The minimum Gasteiger partial charge on any atom is -0.480 e. The van der Waals surface area contributed by atoms with E-state index >= 15 is 0 Å². The summed E-state index contributed by atoms with van der Waals surface area (Å²) in [5.74, 6) is -1.02. The van der Waals surface area contributed by atoms with E-state index < -0.39 is 12.0 Å². The Bertz CT molecular complexity index is 544. The van der Waals surface area contributed by atoms with Crippen molar-refractivity contribution in [1.29, 1.82) is 0 Å². The normalized spacial score (nSPS) is 21.9. The van der Waals surface area contributed by atoms with Crippen molar-refractivity contribution in [1.82, 2.24) is 5.32 Å². The number of benzene rings is 1. The lowest BCUT2D eigenvalue weighted by Gasteiger charge is -2.16. The number of nitrogens with one attached hydrogen (secondary N) is 1. The number of halogens is 1. The number of aliphatic carboxylic acids is 1. The summed E-state index contributed by atoms with van der Waals surface area (Å²) < 4.78 is 0. The molecule has 114 valence electrons. The molecule has 4 nitrogen and oxygen atoms in total. The molecule has 0 aromatic heterocycles. The Kier molecular flexibility index (Phi) is 4.88. The Labute approximate surface area is 129 Å². The lowest BCUT2D eigenvalue weighted by atomic mass is 10.0. The quantitative estimate of drug-likeness (QED) is 0.848. The highest BCUT2D eigenvalue weighted by Crippen LogP contribution is 2.49. The van der Waals surface area contributed by atoms with Crippen molar-refractivity contribution in [3.8, 4) is 0 Å². The molecule has 2 unspecified atom stereocenters. The standard InChI is InChI=1S/C16H20ClNO3/c1-9(2)7-14(16(20)21)18-15(19)12-8-11(12)10-5-3-4-6-13(10)17/h3-6,9,11-12,14H,7-8H2,1-2H3,(H,18,19)(H,20,21)/t11?,12?,14-/m1/s1. The van der Waals surface area contributed by atoms with Crippen molar-refractivity contribution in [2.45, 2.75) is 38.6 Å². The van der Waals surface area contributed by atoms with Crippen LogP contribution in [-0.2, 0) is 9.59 Å². The molecule has 0 saturated heterocycles.